The molecular formula is C14H17NO2. The van der Waals surface area contributed by atoms with Crippen LogP contribution in [0.3, 0.4) is 0 Å². The maximum Gasteiger partial charge on any atom is 0.125 e. The molecule has 0 aliphatic heterocycles. The largest absolute Gasteiger partial charge is 0.493 e. The van der Waals surface area contributed by atoms with E-state index in [0.717, 1.165) is 24.2 Å². The molecule has 0 bridgehead atoms. The molecule has 0 aromatic heterocycles. The summed E-state index contributed by atoms with van der Waals surface area (Å²) in [6.07, 6.45) is 2.16. The van der Waals surface area contributed by atoms with E-state index in [1.807, 2.05) is 24.3 Å². The van der Waals surface area contributed by atoms with Crippen molar-refractivity contribution in [2.45, 2.75) is 32.3 Å². The van der Waals surface area contributed by atoms with Gasteiger partial charge in [0.2, 0.25) is 0 Å². The van der Waals surface area contributed by atoms with E-state index in [-0.39, 0.29) is 5.41 Å². The lowest BCUT2D eigenvalue weighted by atomic mass is 10.1. The molecule has 0 heterocycles. The first-order chi connectivity index (χ1) is 8.17. The van der Waals surface area contributed by atoms with Crippen molar-refractivity contribution in [3.05, 3.63) is 29.8 Å². The molecular weight excluding hydrogens is 214 g/mol. The molecule has 1 aliphatic carbocycles. The fourth-order valence-corrected chi connectivity index (χ4v) is 1.90. The van der Waals surface area contributed by atoms with Crippen molar-refractivity contribution in [2.75, 3.05) is 6.61 Å². The Morgan fingerprint density at radius 1 is 1.47 bits per heavy atom. The molecule has 2 rings (SSSR count). The van der Waals surface area contributed by atoms with Gasteiger partial charge in [0.1, 0.15) is 5.75 Å². The minimum atomic E-state index is -0.530. The average molecular weight is 231 g/mol. The van der Waals surface area contributed by atoms with Crippen LogP contribution in [0.2, 0.25) is 0 Å². The van der Waals surface area contributed by atoms with Crippen molar-refractivity contribution in [1.29, 1.82) is 5.26 Å². The molecule has 3 nitrogen and oxygen atoms in total. The zero-order valence-electron chi connectivity index (χ0n) is 10.0. The van der Waals surface area contributed by atoms with Crippen LogP contribution in [0.5, 0.6) is 5.75 Å². The van der Waals surface area contributed by atoms with Gasteiger partial charge in [-0.25, -0.2) is 0 Å². The highest BCUT2D eigenvalue weighted by Crippen LogP contribution is 2.48. The summed E-state index contributed by atoms with van der Waals surface area (Å²) in [4.78, 5) is 0. The summed E-state index contributed by atoms with van der Waals surface area (Å²) >= 11 is 0. The van der Waals surface area contributed by atoms with E-state index in [9.17, 15) is 5.11 Å². The van der Waals surface area contributed by atoms with Crippen LogP contribution in [-0.4, -0.2) is 11.7 Å². The molecule has 1 aromatic rings. The molecule has 0 saturated heterocycles. The Bertz CT molecular complexity index is 430. The third-order valence-corrected chi connectivity index (χ3v) is 3.31. The summed E-state index contributed by atoms with van der Waals surface area (Å²) in [5, 5.41) is 18.4. The summed E-state index contributed by atoms with van der Waals surface area (Å²) < 4.78 is 5.77. The van der Waals surface area contributed by atoms with Gasteiger partial charge in [0.15, 0.2) is 0 Å². The maximum atomic E-state index is 9.62. The van der Waals surface area contributed by atoms with Gasteiger partial charge in [0.25, 0.3) is 0 Å². The molecule has 1 aromatic carbocycles. The molecule has 1 saturated carbocycles. The third-order valence-electron chi connectivity index (χ3n) is 3.31. The molecule has 3 heteroatoms. The van der Waals surface area contributed by atoms with Gasteiger partial charge in [0.05, 0.1) is 18.8 Å². The number of para-hydroxylation sites is 1. The van der Waals surface area contributed by atoms with Crippen molar-refractivity contribution < 1.29 is 9.84 Å². The Hall–Kier alpha value is -1.53. The van der Waals surface area contributed by atoms with Crippen LogP contribution in [0, 0.1) is 16.7 Å². The quantitative estimate of drug-likeness (QED) is 0.847. The minimum Gasteiger partial charge on any atom is -0.493 e. The van der Waals surface area contributed by atoms with E-state index in [1.165, 1.54) is 0 Å². The highest BCUT2D eigenvalue weighted by Gasteiger charge is 2.43. The molecule has 1 aliphatic rings. The van der Waals surface area contributed by atoms with Crippen LogP contribution < -0.4 is 4.74 Å². The fourth-order valence-electron chi connectivity index (χ4n) is 1.90. The second-order valence-electron chi connectivity index (χ2n) is 4.84. The zero-order chi connectivity index (χ0) is 12.3. The molecule has 0 radical (unpaired) electrons. The summed E-state index contributed by atoms with van der Waals surface area (Å²) in [5.41, 5.74) is 0.876. The van der Waals surface area contributed by atoms with Gasteiger partial charge in [0, 0.05) is 17.4 Å². The predicted octanol–water partition coefficient (Wildman–Crippen LogP) is 2.81. The molecule has 0 unspecified atom stereocenters. The van der Waals surface area contributed by atoms with Crippen molar-refractivity contribution in [1.82, 2.24) is 0 Å². The highest BCUT2D eigenvalue weighted by atomic mass is 16.5. The van der Waals surface area contributed by atoms with Gasteiger partial charge in [-0.05, 0) is 25.8 Å². The molecule has 90 valence electrons. The summed E-state index contributed by atoms with van der Waals surface area (Å²) in [7, 11) is 0. The normalized spacial score (nSPS) is 18.2. The summed E-state index contributed by atoms with van der Waals surface area (Å²) in [6, 6.07) is 9.73. The van der Waals surface area contributed by atoms with Gasteiger partial charge in [-0.1, -0.05) is 18.2 Å². The number of rotatable bonds is 5. The molecule has 1 fully saturated rings. The highest BCUT2D eigenvalue weighted by molar-refractivity contribution is 5.34. The first-order valence-corrected chi connectivity index (χ1v) is 5.94. The Kier molecular flexibility index (Phi) is 3.35. The molecule has 1 N–H and O–H groups in total. The Labute approximate surface area is 102 Å². The van der Waals surface area contributed by atoms with Crippen LogP contribution in [-0.2, 0) is 0 Å². The third kappa shape index (κ3) is 2.78. The maximum absolute atomic E-state index is 9.62. The SMILES string of the molecule is C[C@@H](O)c1ccccc1OCC1(CC#N)CC1. The number of nitriles is 1. The van der Waals surface area contributed by atoms with Gasteiger partial charge >= 0.3 is 0 Å². The van der Waals surface area contributed by atoms with E-state index >= 15 is 0 Å². The van der Waals surface area contributed by atoms with Crippen LogP contribution in [0.1, 0.15) is 37.9 Å². The van der Waals surface area contributed by atoms with Gasteiger partial charge in [-0.2, -0.15) is 5.26 Å². The van der Waals surface area contributed by atoms with Crippen molar-refractivity contribution >= 4 is 0 Å². The first-order valence-electron chi connectivity index (χ1n) is 5.94. The van der Waals surface area contributed by atoms with Crippen LogP contribution in [0.25, 0.3) is 0 Å². The van der Waals surface area contributed by atoms with E-state index in [4.69, 9.17) is 10.00 Å². The lowest BCUT2D eigenvalue weighted by Gasteiger charge is -2.16. The van der Waals surface area contributed by atoms with Gasteiger partial charge < -0.3 is 9.84 Å². The number of hydrogen-bond acceptors (Lipinski definition) is 3. The van der Waals surface area contributed by atoms with E-state index in [1.54, 1.807) is 6.92 Å². The average Bonchev–Trinajstić information content (AvgIpc) is 3.08. The number of benzene rings is 1. The Morgan fingerprint density at radius 3 is 2.76 bits per heavy atom. The van der Waals surface area contributed by atoms with Crippen molar-refractivity contribution in [2.24, 2.45) is 5.41 Å². The molecule has 1 atom stereocenters. The fraction of sp³-hybridized carbons (Fsp3) is 0.500. The van der Waals surface area contributed by atoms with Crippen LogP contribution >= 0.6 is 0 Å². The number of nitrogens with zero attached hydrogens (tertiary/aromatic N) is 1. The van der Waals surface area contributed by atoms with Crippen LogP contribution in [0.15, 0.2) is 24.3 Å². The Morgan fingerprint density at radius 2 is 2.18 bits per heavy atom. The topological polar surface area (TPSA) is 53.2 Å². The minimum absolute atomic E-state index is 0.0700. The number of ether oxygens (including phenoxy) is 1. The summed E-state index contributed by atoms with van der Waals surface area (Å²) in [5.74, 6) is 0.728. The first kappa shape index (κ1) is 11.9. The van der Waals surface area contributed by atoms with E-state index in [0.29, 0.717) is 13.0 Å². The van der Waals surface area contributed by atoms with Crippen LogP contribution in [0.4, 0.5) is 0 Å². The van der Waals surface area contributed by atoms with Gasteiger partial charge in [-0.3, -0.25) is 0 Å². The number of aliphatic hydroxyl groups excluding tert-OH is 1. The molecule has 0 spiro atoms. The predicted molar refractivity (Wildman–Crippen MR) is 64.5 cm³/mol. The second kappa shape index (κ2) is 4.77. The standard InChI is InChI=1S/C14H17NO2/c1-11(16)12-4-2-3-5-13(12)17-10-14(6-7-14)8-9-15/h2-5,11,16H,6-8,10H2,1H3/t11-/m1/s1. The van der Waals surface area contributed by atoms with Gasteiger partial charge in [-0.15, -0.1) is 0 Å². The monoisotopic (exact) mass is 231 g/mol. The number of aliphatic hydroxyl groups is 1. The number of hydrogen-bond donors (Lipinski definition) is 1. The smallest absolute Gasteiger partial charge is 0.125 e. The van der Waals surface area contributed by atoms with E-state index < -0.39 is 6.10 Å². The summed E-state index contributed by atoms with van der Waals surface area (Å²) in [6.45, 7) is 2.30. The lowest BCUT2D eigenvalue weighted by Crippen LogP contribution is -2.13. The Balaban J connectivity index is 2.02. The second-order valence-corrected chi connectivity index (χ2v) is 4.84. The van der Waals surface area contributed by atoms with Crippen molar-refractivity contribution in [3.8, 4) is 11.8 Å². The molecule has 0 amide bonds. The zero-order valence-corrected chi connectivity index (χ0v) is 10.0. The van der Waals surface area contributed by atoms with E-state index in [2.05, 4.69) is 6.07 Å². The lowest BCUT2D eigenvalue weighted by molar-refractivity contribution is 0.183. The molecule has 17 heavy (non-hydrogen) atoms. The van der Waals surface area contributed by atoms with Crippen molar-refractivity contribution in [3.63, 3.8) is 0 Å².